The van der Waals surface area contributed by atoms with Crippen LogP contribution in [-0.2, 0) is 9.53 Å². The average Bonchev–Trinajstić information content (AvgIpc) is 2.83. The number of hydrogen-bond acceptors (Lipinski definition) is 4. The molecule has 1 atom stereocenters. The molecule has 3 rings (SSSR count). The fraction of sp³-hybridized carbons (Fsp3) is 0.947. The molecule has 3 fully saturated rings. The first-order valence-electron chi connectivity index (χ1n) is 9.84. The van der Waals surface area contributed by atoms with Crippen LogP contribution >= 0.6 is 0 Å². The maximum Gasteiger partial charge on any atom is 0.225 e. The van der Waals surface area contributed by atoms with Crippen LogP contribution in [0.4, 0.5) is 0 Å². The second-order valence-electron chi connectivity index (χ2n) is 8.32. The van der Waals surface area contributed by atoms with Gasteiger partial charge in [0.25, 0.3) is 0 Å². The second-order valence-corrected chi connectivity index (χ2v) is 8.32. The van der Waals surface area contributed by atoms with Gasteiger partial charge in [-0.05, 0) is 38.8 Å². The van der Waals surface area contributed by atoms with Gasteiger partial charge in [-0.1, -0.05) is 25.7 Å². The number of ether oxygens (including phenoxy) is 1. The van der Waals surface area contributed by atoms with Crippen molar-refractivity contribution in [3.8, 4) is 0 Å². The Labute approximate surface area is 146 Å². The van der Waals surface area contributed by atoms with E-state index >= 15 is 0 Å². The Morgan fingerprint density at radius 3 is 2.50 bits per heavy atom. The number of rotatable bonds is 3. The lowest BCUT2D eigenvalue weighted by Gasteiger charge is -2.48. The van der Waals surface area contributed by atoms with Crippen LogP contribution < -0.4 is 5.32 Å². The van der Waals surface area contributed by atoms with E-state index in [0.29, 0.717) is 26.0 Å². The molecule has 1 amide bonds. The number of nitrogens with zero attached hydrogens (tertiary/aromatic N) is 1. The summed E-state index contributed by atoms with van der Waals surface area (Å²) in [5.41, 5.74) is -0.991. The van der Waals surface area contributed by atoms with Gasteiger partial charge in [0.05, 0.1) is 17.8 Å². The summed E-state index contributed by atoms with van der Waals surface area (Å²) in [6, 6.07) is 0. The summed E-state index contributed by atoms with van der Waals surface area (Å²) in [7, 11) is 1.87. The van der Waals surface area contributed by atoms with Crippen molar-refractivity contribution in [3.63, 3.8) is 0 Å². The number of likely N-dealkylation sites (N-methyl/N-ethyl adjacent to an activating group) is 1. The molecule has 2 saturated heterocycles. The highest BCUT2D eigenvalue weighted by molar-refractivity contribution is 5.78. The molecule has 0 aromatic rings. The molecule has 0 radical (unpaired) electrons. The van der Waals surface area contributed by atoms with Crippen LogP contribution in [0.2, 0.25) is 0 Å². The van der Waals surface area contributed by atoms with Gasteiger partial charge < -0.3 is 20.1 Å². The highest BCUT2D eigenvalue weighted by Crippen LogP contribution is 2.39. The molecule has 5 nitrogen and oxygen atoms in total. The zero-order chi connectivity index (χ0) is 17.0. The number of piperidine rings is 1. The van der Waals surface area contributed by atoms with E-state index in [0.717, 1.165) is 38.8 Å². The minimum Gasteiger partial charge on any atom is -0.388 e. The molecule has 1 spiro atoms. The third-order valence-corrected chi connectivity index (χ3v) is 6.25. The fourth-order valence-corrected chi connectivity index (χ4v) is 4.89. The monoisotopic (exact) mass is 338 g/mol. The lowest BCUT2D eigenvalue weighted by Crippen LogP contribution is -2.57. The van der Waals surface area contributed by atoms with Crippen molar-refractivity contribution in [2.24, 2.45) is 5.92 Å². The lowest BCUT2D eigenvalue weighted by molar-refractivity contribution is -0.178. The first-order valence-corrected chi connectivity index (χ1v) is 9.84. The molecule has 138 valence electrons. The predicted octanol–water partition coefficient (Wildman–Crippen LogP) is 2.08. The lowest BCUT2D eigenvalue weighted by atomic mass is 9.77. The Morgan fingerprint density at radius 2 is 1.83 bits per heavy atom. The predicted molar refractivity (Wildman–Crippen MR) is 93.8 cm³/mol. The molecule has 2 aliphatic heterocycles. The summed E-state index contributed by atoms with van der Waals surface area (Å²) < 4.78 is 6.07. The van der Waals surface area contributed by atoms with Crippen LogP contribution in [0, 0.1) is 5.92 Å². The molecule has 0 aromatic heterocycles. The van der Waals surface area contributed by atoms with Crippen molar-refractivity contribution >= 4 is 5.91 Å². The number of carbonyl (C=O) groups is 1. The van der Waals surface area contributed by atoms with Crippen LogP contribution in [0.5, 0.6) is 0 Å². The maximum absolute atomic E-state index is 12.8. The quantitative estimate of drug-likeness (QED) is 0.774. The topological polar surface area (TPSA) is 61.8 Å². The minimum absolute atomic E-state index is 0.161. The third kappa shape index (κ3) is 4.30. The van der Waals surface area contributed by atoms with E-state index in [1.54, 1.807) is 4.90 Å². The van der Waals surface area contributed by atoms with E-state index in [1.165, 1.54) is 25.7 Å². The van der Waals surface area contributed by atoms with Crippen LogP contribution in [0.25, 0.3) is 0 Å². The van der Waals surface area contributed by atoms with Gasteiger partial charge in [0.15, 0.2) is 0 Å². The number of aliphatic hydroxyl groups is 1. The van der Waals surface area contributed by atoms with Gasteiger partial charge in [-0.3, -0.25) is 4.79 Å². The molecule has 5 heteroatoms. The van der Waals surface area contributed by atoms with E-state index in [2.05, 4.69) is 5.32 Å². The Morgan fingerprint density at radius 1 is 1.17 bits per heavy atom. The molecular weight excluding hydrogens is 304 g/mol. The van der Waals surface area contributed by atoms with Gasteiger partial charge in [-0.2, -0.15) is 0 Å². The van der Waals surface area contributed by atoms with Gasteiger partial charge in [-0.15, -0.1) is 0 Å². The van der Waals surface area contributed by atoms with E-state index in [-0.39, 0.29) is 17.4 Å². The summed E-state index contributed by atoms with van der Waals surface area (Å²) in [4.78, 5) is 14.6. The summed E-state index contributed by atoms with van der Waals surface area (Å²) in [6.45, 7) is 2.95. The van der Waals surface area contributed by atoms with Crippen molar-refractivity contribution in [2.45, 2.75) is 75.4 Å². The smallest absolute Gasteiger partial charge is 0.225 e. The van der Waals surface area contributed by atoms with E-state index in [9.17, 15) is 9.90 Å². The Kier molecular flexibility index (Phi) is 5.83. The van der Waals surface area contributed by atoms with Crippen LogP contribution in [0.1, 0.15) is 64.2 Å². The molecule has 0 bridgehead atoms. The molecule has 1 unspecified atom stereocenters. The van der Waals surface area contributed by atoms with Crippen LogP contribution in [0.3, 0.4) is 0 Å². The Bertz CT molecular complexity index is 423. The van der Waals surface area contributed by atoms with E-state index < -0.39 is 5.60 Å². The minimum atomic E-state index is -0.801. The summed E-state index contributed by atoms with van der Waals surface area (Å²) in [5.74, 6) is 0.393. The fourth-order valence-electron chi connectivity index (χ4n) is 4.89. The zero-order valence-electron chi connectivity index (χ0n) is 15.2. The van der Waals surface area contributed by atoms with Crippen molar-refractivity contribution in [2.75, 3.05) is 33.3 Å². The molecule has 3 aliphatic rings. The zero-order valence-corrected chi connectivity index (χ0v) is 15.2. The highest BCUT2D eigenvalue weighted by Gasteiger charge is 2.46. The van der Waals surface area contributed by atoms with Crippen LogP contribution in [0.15, 0.2) is 0 Å². The first kappa shape index (κ1) is 18.2. The Hall–Kier alpha value is -0.650. The van der Waals surface area contributed by atoms with Crippen molar-refractivity contribution in [1.82, 2.24) is 10.2 Å². The molecule has 0 aromatic carbocycles. The molecular formula is C19H34N2O3. The van der Waals surface area contributed by atoms with Gasteiger partial charge in [0.2, 0.25) is 5.91 Å². The van der Waals surface area contributed by atoms with E-state index in [1.807, 2.05) is 7.05 Å². The molecule has 1 aliphatic carbocycles. The summed E-state index contributed by atoms with van der Waals surface area (Å²) in [5, 5.41) is 14.5. The number of amides is 1. The number of nitrogens with one attached hydrogen (secondary N) is 1. The summed E-state index contributed by atoms with van der Waals surface area (Å²) in [6.07, 6.45) is 10.1. The average molecular weight is 338 g/mol. The van der Waals surface area contributed by atoms with E-state index in [4.69, 9.17) is 4.74 Å². The third-order valence-electron chi connectivity index (χ3n) is 6.25. The van der Waals surface area contributed by atoms with Crippen LogP contribution in [-0.4, -0.2) is 60.4 Å². The largest absolute Gasteiger partial charge is 0.388 e. The highest BCUT2D eigenvalue weighted by atomic mass is 16.5. The first-order chi connectivity index (χ1) is 11.5. The van der Waals surface area contributed by atoms with Crippen molar-refractivity contribution in [3.05, 3.63) is 0 Å². The van der Waals surface area contributed by atoms with Gasteiger partial charge in [0.1, 0.15) is 0 Å². The van der Waals surface area contributed by atoms with Gasteiger partial charge in [0, 0.05) is 32.4 Å². The van der Waals surface area contributed by atoms with Crippen molar-refractivity contribution < 1.29 is 14.6 Å². The molecule has 24 heavy (non-hydrogen) atoms. The number of hydrogen-bond donors (Lipinski definition) is 2. The Balaban J connectivity index is 1.59. The molecule has 2 N–H and O–H groups in total. The van der Waals surface area contributed by atoms with Gasteiger partial charge in [-0.25, -0.2) is 0 Å². The van der Waals surface area contributed by atoms with Gasteiger partial charge >= 0.3 is 0 Å². The van der Waals surface area contributed by atoms with Crippen molar-refractivity contribution in [1.29, 1.82) is 0 Å². The summed E-state index contributed by atoms with van der Waals surface area (Å²) >= 11 is 0. The maximum atomic E-state index is 12.8. The SMILES string of the molecule is CN(CC1(O)CCOC2(CCNCC2)C1)C(=O)C1CCCCCC1. The molecule has 1 saturated carbocycles. The normalized spacial score (nSPS) is 31.6. The number of carbonyl (C=O) groups excluding carboxylic acids is 1. The molecule has 2 heterocycles. The standard InChI is InChI=1S/C19H34N2O3/c1-21(17(22)16-6-4-2-3-5-7-16)15-18(23)10-13-24-19(14-18)8-11-20-12-9-19/h16,20,23H,2-15H2,1H3. The second kappa shape index (κ2) is 7.71.